The Morgan fingerprint density at radius 2 is 2.17 bits per heavy atom. The molecule has 0 saturated heterocycles. The highest BCUT2D eigenvalue weighted by Crippen LogP contribution is 2.20. The molecule has 1 rings (SSSR count). The van der Waals surface area contributed by atoms with Gasteiger partial charge in [0.25, 0.3) is 5.91 Å². The lowest BCUT2D eigenvalue weighted by Crippen LogP contribution is -2.34. The van der Waals surface area contributed by atoms with Crippen LogP contribution >= 0.6 is 15.9 Å². The van der Waals surface area contributed by atoms with Crippen LogP contribution in [0, 0.1) is 0 Å². The number of nitrogen functional groups attached to an aromatic ring is 1. The van der Waals surface area contributed by atoms with E-state index in [0.717, 1.165) is 17.3 Å². The molecule has 0 radical (unpaired) electrons. The van der Waals surface area contributed by atoms with Crippen molar-refractivity contribution in [1.82, 2.24) is 4.90 Å². The summed E-state index contributed by atoms with van der Waals surface area (Å²) >= 11 is 3.31. The maximum absolute atomic E-state index is 12.3. The van der Waals surface area contributed by atoms with Crippen molar-refractivity contribution in [2.45, 2.75) is 19.8 Å². The van der Waals surface area contributed by atoms with Crippen LogP contribution in [0.3, 0.4) is 0 Å². The Labute approximate surface area is 116 Å². The monoisotopic (exact) mass is 314 g/mol. The van der Waals surface area contributed by atoms with E-state index in [1.165, 1.54) is 0 Å². The van der Waals surface area contributed by atoms with Gasteiger partial charge in [-0.1, -0.05) is 29.3 Å². The van der Waals surface area contributed by atoms with Gasteiger partial charge in [-0.2, -0.15) is 0 Å². The molecule has 0 fully saturated rings. The fourth-order valence-corrected chi connectivity index (χ4v) is 2.06. The highest BCUT2D eigenvalue weighted by Gasteiger charge is 2.17. The van der Waals surface area contributed by atoms with Crippen LogP contribution in [0.2, 0.25) is 0 Å². The van der Waals surface area contributed by atoms with Gasteiger partial charge in [0, 0.05) is 23.2 Å². The molecule has 0 aromatic heterocycles. The minimum absolute atomic E-state index is 0.0358. The van der Waals surface area contributed by atoms with E-state index in [9.17, 15) is 4.79 Å². The van der Waals surface area contributed by atoms with Crippen molar-refractivity contribution in [2.75, 3.05) is 25.4 Å². The molecular formula is C13H19BrN2O2. The maximum atomic E-state index is 12.3. The molecule has 3 N–H and O–H groups in total. The molecular weight excluding hydrogens is 296 g/mol. The molecule has 1 aromatic rings. The highest BCUT2D eigenvalue weighted by molar-refractivity contribution is 9.10. The van der Waals surface area contributed by atoms with E-state index in [2.05, 4.69) is 22.9 Å². The Bertz CT molecular complexity index is 410. The van der Waals surface area contributed by atoms with Crippen LogP contribution in [0.5, 0.6) is 0 Å². The summed E-state index contributed by atoms with van der Waals surface area (Å²) in [5.41, 5.74) is 6.79. The van der Waals surface area contributed by atoms with Crippen LogP contribution in [-0.4, -0.2) is 35.6 Å². The van der Waals surface area contributed by atoms with Crippen molar-refractivity contribution >= 4 is 27.5 Å². The van der Waals surface area contributed by atoms with E-state index in [-0.39, 0.29) is 12.5 Å². The van der Waals surface area contributed by atoms with Gasteiger partial charge in [0.1, 0.15) is 0 Å². The van der Waals surface area contributed by atoms with Crippen LogP contribution < -0.4 is 5.73 Å². The molecule has 0 aliphatic rings. The van der Waals surface area contributed by atoms with Gasteiger partial charge >= 0.3 is 0 Å². The lowest BCUT2D eigenvalue weighted by molar-refractivity contribution is 0.0720. The van der Waals surface area contributed by atoms with E-state index in [4.69, 9.17) is 10.8 Å². The smallest absolute Gasteiger partial charge is 0.256 e. The number of hydrogen-bond acceptors (Lipinski definition) is 3. The average Bonchev–Trinajstić information content (AvgIpc) is 2.33. The lowest BCUT2D eigenvalue weighted by atomic mass is 10.1. The van der Waals surface area contributed by atoms with Gasteiger partial charge < -0.3 is 15.7 Å². The summed E-state index contributed by atoms with van der Waals surface area (Å²) < 4.78 is 0.846. The van der Waals surface area contributed by atoms with Crippen molar-refractivity contribution in [3.63, 3.8) is 0 Å². The molecule has 0 aliphatic carbocycles. The zero-order valence-corrected chi connectivity index (χ0v) is 12.1. The first kappa shape index (κ1) is 15.0. The summed E-state index contributed by atoms with van der Waals surface area (Å²) in [6.45, 7) is 3.02. The summed E-state index contributed by atoms with van der Waals surface area (Å²) in [5, 5.41) is 9.01. The fraction of sp³-hybridized carbons (Fsp3) is 0.462. The number of amides is 1. The summed E-state index contributed by atoms with van der Waals surface area (Å²) in [5.74, 6) is -0.123. The van der Waals surface area contributed by atoms with E-state index < -0.39 is 0 Å². The number of unbranched alkanes of at least 4 members (excludes halogenated alkanes) is 1. The molecule has 1 amide bonds. The van der Waals surface area contributed by atoms with Gasteiger partial charge in [-0.25, -0.2) is 0 Å². The molecule has 0 heterocycles. The molecule has 0 bridgehead atoms. The zero-order valence-electron chi connectivity index (χ0n) is 10.5. The van der Waals surface area contributed by atoms with E-state index >= 15 is 0 Å². The van der Waals surface area contributed by atoms with E-state index in [1.54, 1.807) is 23.1 Å². The number of hydrogen-bond donors (Lipinski definition) is 2. The fourth-order valence-electron chi connectivity index (χ4n) is 1.68. The molecule has 0 spiro atoms. The van der Waals surface area contributed by atoms with Crippen molar-refractivity contribution in [1.29, 1.82) is 0 Å². The SMILES string of the molecule is CCCCN(CCO)C(=O)c1ccc(Br)cc1N. The number of carbonyl (C=O) groups excluding carboxylic acids is 1. The van der Waals surface area contributed by atoms with Gasteiger partial charge in [0.05, 0.1) is 12.2 Å². The second-order valence-corrected chi connectivity index (χ2v) is 5.02. The van der Waals surface area contributed by atoms with Gasteiger partial charge in [0.2, 0.25) is 0 Å². The normalized spacial score (nSPS) is 10.4. The molecule has 1 aromatic carbocycles. The number of carbonyl (C=O) groups is 1. The molecule has 0 aliphatic heterocycles. The van der Waals surface area contributed by atoms with Gasteiger partial charge in [0.15, 0.2) is 0 Å². The third-order valence-corrected chi connectivity index (χ3v) is 3.18. The van der Waals surface area contributed by atoms with E-state index in [0.29, 0.717) is 24.3 Å². The molecule has 0 unspecified atom stereocenters. The number of halogens is 1. The minimum Gasteiger partial charge on any atom is -0.398 e. The number of anilines is 1. The largest absolute Gasteiger partial charge is 0.398 e. The molecule has 0 saturated carbocycles. The summed E-state index contributed by atoms with van der Waals surface area (Å²) in [4.78, 5) is 13.9. The third kappa shape index (κ3) is 3.99. The van der Waals surface area contributed by atoms with Gasteiger partial charge in [-0.3, -0.25) is 4.79 Å². The van der Waals surface area contributed by atoms with E-state index in [1.807, 2.05) is 0 Å². The summed E-state index contributed by atoms with van der Waals surface area (Å²) in [7, 11) is 0. The number of benzene rings is 1. The number of nitrogens with two attached hydrogens (primary N) is 1. The summed E-state index contributed by atoms with van der Waals surface area (Å²) in [6.07, 6.45) is 1.92. The third-order valence-electron chi connectivity index (χ3n) is 2.68. The van der Waals surface area contributed by atoms with Crippen LogP contribution in [0.25, 0.3) is 0 Å². The van der Waals surface area contributed by atoms with Crippen LogP contribution in [0.1, 0.15) is 30.1 Å². The predicted octanol–water partition coefficient (Wildman–Crippen LogP) is 2.27. The maximum Gasteiger partial charge on any atom is 0.256 e. The molecule has 100 valence electrons. The first-order valence-corrected chi connectivity index (χ1v) is 6.84. The zero-order chi connectivity index (χ0) is 13.5. The predicted molar refractivity (Wildman–Crippen MR) is 76.5 cm³/mol. The summed E-state index contributed by atoms with van der Waals surface area (Å²) in [6, 6.07) is 5.21. The van der Waals surface area contributed by atoms with Crippen LogP contribution in [-0.2, 0) is 0 Å². The molecule has 5 heteroatoms. The molecule has 0 atom stereocenters. The van der Waals surface area contributed by atoms with Crippen molar-refractivity contribution in [2.24, 2.45) is 0 Å². The van der Waals surface area contributed by atoms with Gasteiger partial charge in [-0.05, 0) is 24.6 Å². The van der Waals surface area contributed by atoms with Crippen molar-refractivity contribution in [3.05, 3.63) is 28.2 Å². The topological polar surface area (TPSA) is 66.6 Å². The average molecular weight is 315 g/mol. The van der Waals surface area contributed by atoms with Gasteiger partial charge in [-0.15, -0.1) is 0 Å². The van der Waals surface area contributed by atoms with Crippen molar-refractivity contribution < 1.29 is 9.90 Å². The van der Waals surface area contributed by atoms with Crippen molar-refractivity contribution in [3.8, 4) is 0 Å². The molecule has 4 nitrogen and oxygen atoms in total. The Morgan fingerprint density at radius 1 is 1.44 bits per heavy atom. The number of rotatable bonds is 6. The molecule has 18 heavy (non-hydrogen) atoms. The standard InChI is InChI=1S/C13H19BrN2O2/c1-2-3-6-16(7-8-17)13(18)11-5-4-10(14)9-12(11)15/h4-5,9,17H,2-3,6-8,15H2,1H3. The lowest BCUT2D eigenvalue weighted by Gasteiger charge is -2.22. The second-order valence-electron chi connectivity index (χ2n) is 4.10. The number of aliphatic hydroxyl groups is 1. The van der Waals surface area contributed by atoms with Crippen LogP contribution in [0.15, 0.2) is 22.7 Å². The Hall–Kier alpha value is -1.07. The highest BCUT2D eigenvalue weighted by atomic mass is 79.9. The number of nitrogens with zero attached hydrogens (tertiary/aromatic N) is 1. The Balaban J connectivity index is 2.87. The minimum atomic E-state index is -0.123. The first-order valence-electron chi connectivity index (χ1n) is 6.05. The number of aliphatic hydroxyl groups excluding tert-OH is 1. The second kappa shape index (κ2) is 7.38. The van der Waals surface area contributed by atoms with Crippen LogP contribution in [0.4, 0.5) is 5.69 Å². The first-order chi connectivity index (χ1) is 8.60. The quantitative estimate of drug-likeness (QED) is 0.791. The Kier molecular flexibility index (Phi) is 6.15. The Morgan fingerprint density at radius 3 is 2.72 bits per heavy atom.